The molecule has 0 radical (unpaired) electrons. The third-order valence-electron chi connectivity index (χ3n) is 5.85. The van der Waals surface area contributed by atoms with E-state index >= 15 is 0 Å². The molecular formula is C23H24BrClN4O3. The number of nitrogens with one attached hydrogen (secondary N) is 1. The summed E-state index contributed by atoms with van der Waals surface area (Å²) in [5, 5.41) is 13.2. The zero-order valence-electron chi connectivity index (χ0n) is 17.8. The number of anilines is 2. The van der Waals surface area contributed by atoms with E-state index in [1.165, 1.54) is 0 Å². The number of aliphatic imine (C=N–C) groups is 1. The summed E-state index contributed by atoms with van der Waals surface area (Å²) in [5.41, 5.74) is 3.21. The van der Waals surface area contributed by atoms with Crippen LogP contribution in [0.2, 0.25) is 5.02 Å². The van der Waals surface area contributed by atoms with Gasteiger partial charge >= 0.3 is 6.03 Å². The van der Waals surface area contributed by atoms with Gasteiger partial charge in [0, 0.05) is 36.3 Å². The van der Waals surface area contributed by atoms with Crippen LogP contribution in [-0.4, -0.2) is 59.9 Å². The van der Waals surface area contributed by atoms with Crippen molar-refractivity contribution in [1.29, 1.82) is 0 Å². The summed E-state index contributed by atoms with van der Waals surface area (Å²) in [5.74, 6) is -0.135. The van der Waals surface area contributed by atoms with Gasteiger partial charge in [0.2, 0.25) is 0 Å². The normalized spacial score (nSPS) is 19.3. The van der Waals surface area contributed by atoms with Crippen LogP contribution in [0.1, 0.15) is 30.9 Å². The van der Waals surface area contributed by atoms with Crippen LogP contribution in [-0.2, 0) is 4.79 Å². The Balaban J connectivity index is 1.78. The smallest absolute Gasteiger partial charge is 0.321 e. The Morgan fingerprint density at radius 3 is 2.59 bits per heavy atom. The fourth-order valence-corrected chi connectivity index (χ4v) is 4.85. The number of carbonyl (C=O) groups excluding carboxylic acids is 2. The molecule has 9 heteroatoms. The number of benzodiazepines with no additional fused rings is 1. The Hall–Kier alpha value is -2.42. The van der Waals surface area contributed by atoms with Gasteiger partial charge in [-0.2, -0.15) is 0 Å². The summed E-state index contributed by atoms with van der Waals surface area (Å²) < 4.78 is 0.618. The maximum absolute atomic E-state index is 12.9. The van der Waals surface area contributed by atoms with Gasteiger partial charge in [0.15, 0.2) is 0 Å². The lowest BCUT2D eigenvalue weighted by molar-refractivity contribution is -0.119. The second-order valence-electron chi connectivity index (χ2n) is 8.00. The molecule has 0 spiro atoms. The Labute approximate surface area is 200 Å². The van der Waals surface area contributed by atoms with Gasteiger partial charge in [-0.1, -0.05) is 29.8 Å². The van der Waals surface area contributed by atoms with E-state index in [2.05, 4.69) is 21.2 Å². The topological polar surface area (TPSA) is 85.2 Å². The number of carbonyl (C=O) groups is 2. The Morgan fingerprint density at radius 2 is 1.91 bits per heavy atom. The van der Waals surface area contributed by atoms with Gasteiger partial charge in [0.25, 0.3) is 5.91 Å². The van der Waals surface area contributed by atoms with Crippen molar-refractivity contribution < 1.29 is 14.7 Å². The van der Waals surface area contributed by atoms with Crippen molar-refractivity contribution in [2.45, 2.75) is 31.9 Å². The van der Waals surface area contributed by atoms with E-state index in [4.69, 9.17) is 16.6 Å². The lowest BCUT2D eigenvalue weighted by Crippen LogP contribution is -2.42. The van der Waals surface area contributed by atoms with E-state index < -0.39 is 6.04 Å². The van der Waals surface area contributed by atoms with Crippen LogP contribution >= 0.6 is 27.5 Å². The van der Waals surface area contributed by atoms with Gasteiger partial charge in [0.1, 0.15) is 6.04 Å². The van der Waals surface area contributed by atoms with E-state index in [-0.39, 0.29) is 18.0 Å². The first-order valence-electron chi connectivity index (χ1n) is 10.4. The number of likely N-dealkylation sites (N-methyl/N-ethyl adjacent to an activating group) is 1. The maximum atomic E-state index is 12.9. The monoisotopic (exact) mass is 518 g/mol. The largest absolute Gasteiger partial charge is 0.393 e. The average molecular weight is 520 g/mol. The SMILES string of the molecule is CC1N=C(c2ccccc2Cl)c2c(ccc(NC(=O)N3CCC(O)CC3)c2Br)N(C)C1=O. The third kappa shape index (κ3) is 4.27. The second-order valence-corrected chi connectivity index (χ2v) is 9.20. The highest BCUT2D eigenvalue weighted by Gasteiger charge is 2.31. The highest BCUT2D eigenvalue weighted by molar-refractivity contribution is 9.10. The maximum Gasteiger partial charge on any atom is 0.321 e. The molecule has 1 atom stereocenters. The summed E-state index contributed by atoms with van der Waals surface area (Å²) in [6.07, 6.45) is 0.766. The molecule has 1 fully saturated rings. The Morgan fingerprint density at radius 1 is 1.22 bits per heavy atom. The van der Waals surface area contributed by atoms with Gasteiger partial charge in [-0.3, -0.25) is 9.79 Å². The Bertz CT molecular complexity index is 1100. The fourth-order valence-electron chi connectivity index (χ4n) is 4.00. The first-order valence-corrected chi connectivity index (χ1v) is 11.6. The molecule has 1 saturated heterocycles. The zero-order chi connectivity index (χ0) is 23.0. The van der Waals surface area contributed by atoms with Gasteiger partial charge in [-0.25, -0.2) is 4.79 Å². The summed E-state index contributed by atoms with van der Waals surface area (Å²) >= 11 is 10.2. The fraction of sp³-hybridized carbons (Fsp3) is 0.348. The minimum absolute atomic E-state index is 0.135. The number of urea groups is 1. The number of aliphatic hydroxyl groups excluding tert-OH is 1. The number of fused-ring (bicyclic) bond motifs is 1. The first-order chi connectivity index (χ1) is 15.3. The number of hydrogen-bond donors (Lipinski definition) is 2. The minimum Gasteiger partial charge on any atom is -0.393 e. The van der Waals surface area contributed by atoms with E-state index in [1.807, 2.05) is 18.2 Å². The molecule has 7 nitrogen and oxygen atoms in total. The highest BCUT2D eigenvalue weighted by atomic mass is 79.9. The second kappa shape index (κ2) is 9.21. The van der Waals surface area contributed by atoms with E-state index in [1.54, 1.807) is 42.0 Å². The van der Waals surface area contributed by atoms with Gasteiger partial charge in [-0.05, 0) is 53.9 Å². The summed E-state index contributed by atoms with van der Waals surface area (Å²) in [6.45, 7) is 2.75. The van der Waals surface area contributed by atoms with Crippen LogP contribution in [0.25, 0.3) is 0 Å². The van der Waals surface area contributed by atoms with Crippen LogP contribution in [0.15, 0.2) is 45.9 Å². The number of benzene rings is 2. The average Bonchev–Trinajstić information content (AvgIpc) is 2.87. The van der Waals surface area contributed by atoms with E-state index in [9.17, 15) is 14.7 Å². The molecular weight excluding hydrogens is 496 g/mol. The number of piperidine rings is 1. The molecule has 1 unspecified atom stereocenters. The molecule has 0 aliphatic carbocycles. The van der Waals surface area contributed by atoms with E-state index in [0.717, 1.165) is 0 Å². The summed E-state index contributed by atoms with van der Waals surface area (Å²) in [6, 6.07) is 10.1. The number of halogens is 2. The summed E-state index contributed by atoms with van der Waals surface area (Å²) in [4.78, 5) is 33.7. The standard InChI is InChI=1S/C23H24BrClN4O3/c1-13-22(31)28(2)18-8-7-17(27-23(32)29-11-9-14(30)10-12-29)20(24)19(18)21(26-13)15-5-3-4-6-16(15)25/h3-8,13-14,30H,9-12H2,1-2H3,(H,27,32). The quantitative estimate of drug-likeness (QED) is 0.621. The van der Waals surface area contributed by atoms with Crippen LogP contribution in [0.4, 0.5) is 16.2 Å². The molecule has 0 saturated carbocycles. The molecule has 2 aromatic rings. The third-order valence-corrected chi connectivity index (χ3v) is 7.00. The number of rotatable bonds is 2. The van der Waals surface area contributed by atoms with E-state index in [0.29, 0.717) is 63.6 Å². The molecule has 3 amide bonds. The number of aliphatic hydroxyl groups is 1. The number of amides is 3. The molecule has 2 N–H and O–H groups in total. The minimum atomic E-state index is -0.594. The molecule has 2 aliphatic heterocycles. The van der Waals surface area contributed by atoms with Crippen molar-refractivity contribution in [3.63, 3.8) is 0 Å². The van der Waals surface area contributed by atoms with Crippen molar-refractivity contribution in [2.24, 2.45) is 4.99 Å². The predicted molar refractivity (Wildman–Crippen MR) is 130 cm³/mol. The first kappa shape index (κ1) is 22.8. The van der Waals surface area contributed by atoms with Crippen molar-refractivity contribution in [3.05, 3.63) is 57.0 Å². The molecule has 2 heterocycles. The predicted octanol–water partition coefficient (Wildman–Crippen LogP) is 4.29. The number of likely N-dealkylation sites (tertiary alicyclic amines) is 1. The number of nitrogens with zero attached hydrogens (tertiary/aromatic N) is 3. The highest BCUT2D eigenvalue weighted by Crippen LogP contribution is 2.39. The van der Waals surface area contributed by atoms with Gasteiger partial charge in [0.05, 0.1) is 27.7 Å². The van der Waals surface area contributed by atoms with Crippen molar-refractivity contribution in [1.82, 2.24) is 4.90 Å². The molecule has 168 valence electrons. The molecule has 2 aliphatic rings. The van der Waals surface area contributed by atoms with Crippen LogP contribution in [0.3, 0.4) is 0 Å². The molecule has 2 aromatic carbocycles. The van der Waals surface area contributed by atoms with Crippen molar-refractivity contribution in [2.75, 3.05) is 30.4 Å². The van der Waals surface area contributed by atoms with Crippen LogP contribution in [0, 0.1) is 0 Å². The summed E-state index contributed by atoms with van der Waals surface area (Å²) in [7, 11) is 1.71. The van der Waals surface area contributed by atoms with Crippen LogP contribution in [0.5, 0.6) is 0 Å². The zero-order valence-corrected chi connectivity index (χ0v) is 20.2. The molecule has 32 heavy (non-hydrogen) atoms. The molecule has 4 rings (SSSR count). The lowest BCUT2D eigenvalue weighted by atomic mass is 9.99. The number of hydrogen-bond acceptors (Lipinski definition) is 4. The van der Waals surface area contributed by atoms with Gasteiger partial charge in [-0.15, -0.1) is 0 Å². The molecule has 0 aromatic heterocycles. The van der Waals surface area contributed by atoms with Gasteiger partial charge < -0.3 is 20.2 Å². The van der Waals surface area contributed by atoms with Crippen molar-refractivity contribution in [3.8, 4) is 0 Å². The van der Waals surface area contributed by atoms with Crippen molar-refractivity contribution >= 4 is 56.6 Å². The lowest BCUT2D eigenvalue weighted by Gasteiger charge is -2.30. The van der Waals surface area contributed by atoms with Crippen LogP contribution < -0.4 is 10.2 Å². The Kier molecular flexibility index (Phi) is 6.55. The molecule has 0 bridgehead atoms.